The number of nitrogens with one attached hydrogen (secondary N) is 1. The molecule has 2 aromatic rings. The third kappa shape index (κ3) is 3.62. The molecule has 0 aliphatic heterocycles. The minimum Gasteiger partial charge on any atom is -0.481 e. The number of anilines is 2. The normalized spacial score (nSPS) is 15.1. The second-order valence-electron chi connectivity index (χ2n) is 6.28. The molecule has 0 radical (unpaired) electrons. The van der Waals surface area contributed by atoms with Gasteiger partial charge in [0.2, 0.25) is 5.88 Å². The van der Waals surface area contributed by atoms with Gasteiger partial charge in [0.1, 0.15) is 5.15 Å². The molecule has 25 heavy (non-hydrogen) atoms. The second kappa shape index (κ2) is 7.01. The molecule has 0 unspecified atom stereocenters. The zero-order valence-electron chi connectivity index (χ0n) is 14.4. The van der Waals surface area contributed by atoms with E-state index < -0.39 is 0 Å². The average molecular weight is 365 g/mol. The summed E-state index contributed by atoms with van der Waals surface area (Å²) in [6.45, 7) is 3.58. The van der Waals surface area contributed by atoms with Gasteiger partial charge in [-0.15, -0.1) is 0 Å². The van der Waals surface area contributed by atoms with Gasteiger partial charge < -0.3 is 19.7 Å². The predicted molar refractivity (Wildman–Crippen MR) is 95.9 cm³/mol. The summed E-state index contributed by atoms with van der Waals surface area (Å²) >= 11 is 6.10. The Bertz CT molecular complexity index is 849. The summed E-state index contributed by atoms with van der Waals surface area (Å²) in [5.41, 5.74) is 1.85. The molecule has 1 saturated carbocycles. The Kier molecular flexibility index (Phi) is 4.96. The lowest BCUT2D eigenvalue weighted by atomic mass is 10.2. The molecule has 3 rings (SSSR count). The highest BCUT2D eigenvalue weighted by Crippen LogP contribution is 2.39. The van der Waals surface area contributed by atoms with Crippen molar-refractivity contribution >= 4 is 23.1 Å². The predicted octanol–water partition coefficient (Wildman–Crippen LogP) is 2.60. The lowest BCUT2D eigenvalue weighted by molar-refractivity contribution is 0.209. The van der Waals surface area contributed by atoms with Crippen LogP contribution in [-0.2, 0) is 0 Å². The minimum atomic E-state index is -0.316. The molecule has 7 nitrogen and oxygen atoms in total. The average Bonchev–Trinajstić information content (AvgIpc) is 3.40. The van der Waals surface area contributed by atoms with E-state index in [2.05, 4.69) is 15.3 Å². The highest BCUT2D eigenvalue weighted by molar-refractivity contribution is 6.29. The lowest BCUT2D eigenvalue weighted by Crippen LogP contribution is -2.30. The van der Waals surface area contributed by atoms with Crippen LogP contribution in [0.1, 0.15) is 30.1 Å². The van der Waals surface area contributed by atoms with E-state index in [0.717, 1.165) is 18.4 Å². The van der Waals surface area contributed by atoms with E-state index in [1.807, 2.05) is 19.9 Å². The van der Waals surface area contributed by atoms with Crippen molar-refractivity contribution in [3.05, 3.63) is 39.0 Å². The Labute approximate surface area is 150 Å². The number of hydrogen-bond donors (Lipinski definition) is 2. The zero-order chi connectivity index (χ0) is 18.1. The van der Waals surface area contributed by atoms with Crippen molar-refractivity contribution in [3.8, 4) is 5.88 Å². The molecule has 2 N–H and O–H groups in total. The van der Waals surface area contributed by atoms with Crippen LogP contribution in [-0.4, -0.2) is 33.4 Å². The summed E-state index contributed by atoms with van der Waals surface area (Å²) in [5.74, 6) is 0.954. The Hall–Kier alpha value is -2.12. The maximum Gasteiger partial charge on any atom is 0.294 e. The van der Waals surface area contributed by atoms with Crippen LogP contribution in [0.3, 0.4) is 0 Å². The first-order valence-electron chi connectivity index (χ1n) is 8.13. The molecule has 2 aromatic heterocycles. The van der Waals surface area contributed by atoms with Gasteiger partial charge in [0.05, 0.1) is 31.1 Å². The Morgan fingerprint density at radius 2 is 2.16 bits per heavy atom. The second-order valence-corrected chi connectivity index (χ2v) is 6.67. The lowest BCUT2D eigenvalue weighted by Gasteiger charge is -2.18. The van der Waals surface area contributed by atoms with E-state index >= 15 is 0 Å². The number of rotatable bonds is 6. The van der Waals surface area contributed by atoms with Gasteiger partial charge in [0, 0.05) is 11.8 Å². The van der Waals surface area contributed by atoms with Crippen molar-refractivity contribution in [1.29, 1.82) is 0 Å². The molecule has 1 aliphatic rings. The summed E-state index contributed by atoms with van der Waals surface area (Å²) in [6.07, 6.45) is 3.49. The summed E-state index contributed by atoms with van der Waals surface area (Å²) in [7, 11) is 1.56. The fourth-order valence-electron chi connectivity index (χ4n) is 2.90. The maximum atomic E-state index is 12.8. The quantitative estimate of drug-likeness (QED) is 0.819. The number of hydrogen-bond acceptors (Lipinski definition) is 6. The van der Waals surface area contributed by atoms with Crippen molar-refractivity contribution in [2.24, 2.45) is 5.92 Å². The number of aliphatic hydroxyl groups is 1. The van der Waals surface area contributed by atoms with E-state index in [1.54, 1.807) is 7.11 Å². The van der Waals surface area contributed by atoms with E-state index in [4.69, 9.17) is 16.3 Å². The molecule has 1 fully saturated rings. The SMILES string of the molecule is COc1nc(C)c(Nc2nc(Cl)cn([C@H](CO)C3CC3)c2=O)cc1C. The number of aryl methyl sites for hydroxylation is 2. The van der Waals surface area contributed by atoms with Gasteiger partial charge >= 0.3 is 0 Å². The number of aromatic nitrogens is 3. The van der Waals surface area contributed by atoms with Crippen LogP contribution in [0.25, 0.3) is 0 Å². The molecule has 0 amide bonds. The molecule has 0 aromatic carbocycles. The molecule has 134 valence electrons. The van der Waals surface area contributed by atoms with Crippen molar-refractivity contribution in [3.63, 3.8) is 0 Å². The van der Waals surface area contributed by atoms with Gasteiger partial charge in [-0.05, 0) is 38.7 Å². The molecule has 0 bridgehead atoms. The van der Waals surface area contributed by atoms with E-state index in [0.29, 0.717) is 23.2 Å². The number of halogens is 1. The standard InChI is InChI=1S/C17H21ClN4O3/c1-9-6-12(10(2)19-16(9)25-3)20-15-17(24)22(7-14(18)21-15)13(8-23)11-4-5-11/h6-7,11,13,23H,4-5,8H2,1-3H3,(H,20,21)/t13-/m1/s1. The van der Waals surface area contributed by atoms with E-state index in [-0.39, 0.29) is 29.2 Å². The summed E-state index contributed by atoms with van der Waals surface area (Å²) in [4.78, 5) is 21.3. The molecule has 1 atom stereocenters. The molecule has 0 saturated heterocycles. The van der Waals surface area contributed by atoms with Gasteiger partial charge in [-0.1, -0.05) is 11.6 Å². The van der Waals surface area contributed by atoms with Crippen LogP contribution in [0.5, 0.6) is 5.88 Å². The Balaban J connectivity index is 1.99. The number of ether oxygens (including phenoxy) is 1. The molecular weight excluding hydrogens is 344 g/mol. The van der Waals surface area contributed by atoms with Crippen LogP contribution in [0.4, 0.5) is 11.5 Å². The highest BCUT2D eigenvalue weighted by Gasteiger charge is 2.33. The summed E-state index contributed by atoms with van der Waals surface area (Å²) < 4.78 is 6.68. The highest BCUT2D eigenvalue weighted by atomic mass is 35.5. The maximum absolute atomic E-state index is 12.8. The monoisotopic (exact) mass is 364 g/mol. The van der Waals surface area contributed by atoms with Crippen molar-refractivity contribution in [2.75, 3.05) is 19.0 Å². The third-order valence-electron chi connectivity index (χ3n) is 4.42. The van der Waals surface area contributed by atoms with Crippen LogP contribution in [0.15, 0.2) is 17.1 Å². The first-order valence-corrected chi connectivity index (χ1v) is 8.51. The molecule has 8 heteroatoms. The molecule has 1 aliphatic carbocycles. The summed E-state index contributed by atoms with van der Waals surface area (Å²) in [6, 6.07) is 1.57. The van der Waals surface area contributed by atoms with Gasteiger partial charge in [0.25, 0.3) is 5.56 Å². The number of aliphatic hydroxyl groups excluding tert-OH is 1. The Morgan fingerprint density at radius 1 is 1.44 bits per heavy atom. The third-order valence-corrected chi connectivity index (χ3v) is 4.60. The topological polar surface area (TPSA) is 89.3 Å². The smallest absolute Gasteiger partial charge is 0.294 e. The van der Waals surface area contributed by atoms with Gasteiger partial charge in [-0.25, -0.2) is 9.97 Å². The van der Waals surface area contributed by atoms with E-state index in [9.17, 15) is 9.90 Å². The fourth-order valence-corrected chi connectivity index (χ4v) is 3.09. The van der Waals surface area contributed by atoms with Crippen molar-refractivity contribution in [2.45, 2.75) is 32.7 Å². The molecule has 2 heterocycles. The number of methoxy groups -OCH3 is 1. The first kappa shape index (κ1) is 17.7. The van der Waals surface area contributed by atoms with Crippen molar-refractivity contribution in [1.82, 2.24) is 14.5 Å². The van der Waals surface area contributed by atoms with Crippen LogP contribution in [0.2, 0.25) is 5.15 Å². The molecule has 0 spiro atoms. The summed E-state index contributed by atoms with van der Waals surface area (Å²) in [5, 5.41) is 12.9. The number of nitrogens with zero attached hydrogens (tertiary/aromatic N) is 3. The fraction of sp³-hybridized carbons (Fsp3) is 0.471. The minimum absolute atomic E-state index is 0.105. The van der Waals surface area contributed by atoms with E-state index in [1.165, 1.54) is 10.8 Å². The zero-order valence-corrected chi connectivity index (χ0v) is 15.2. The Morgan fingerprint density at radius 3 is 2.76 bits per heavy atom. The van der Waals surface area contributed by atoms with Crippen LogP contribution >= 0.6 is 11.6 Å². The van der Waals surface area contributed by atoms with Crippen molar-refractivity contribution < 1.29 is 9.84 Å². The number of pyridine rings is 1. The van der Waals surface area contributed by atoms with Gasteiger partial charge in [-0.2, -0.15) is 0 Å². The first-order chi connectivity index (χ1) is 11.9. The van der Waals surface area contributed by atoms with Crippen LogP contribution in [0, 0.1) is 19.8 Å². The van der Waals surface area contributed by atoms with Gasteiger partial charge in [0.15, 0.2) is 5.82 Å². The van der Waals surface area contributed by atoms with Gasteiger partial charge in [-0.3, -0.25) is 4.79 Å². The largest absolute Gasteiger partial charge is 0.481 e. The van der Waals surface area contributed by atoms with Crippen LogP contribution < -0.4 is 15.6 Å². The molecular formula is C17H21ClN4O3.